The number of pyridine rings is 1. The predicted octanol–water partition coefficient (Wildman–Crippen LogP) is 5.61. The zero-order valence-electron chi connectivity index (χ0n) is 18.7. The summed E-state index contributed by atoms with van der Waals surface area (Å²) in [4.78, 5) is 16.5. The van der Waals surface area contributed by atoms with E-state index in [1.54, 1.807) is 24.4 Å². The molecule has 0 bridgehead atoms. The van der Waals surface area contributed by atoms with Crippen molar-refractivity contribution in [3.05, 3.63) is 92.6 Å². The average molecular weight is 602 g/mol. The van der Waals surface area contributed by atoms with Crippen molar-refractivity contribution >= 4 is 57.2 Å². The van der Waals surface area contributed by atoms with E-state index in [9.17, 15) is 4.79 Å². The van der Waals surface area contributed by atoms with Crippen LogP contribution in [-0.2, 0) is 11.4 Å². The number of rotatable bonds is 9. The minimum Gasteiger partial charge on any atom is -0.493 e. The molecule has 1 heterocycles. The van der Waals surface area contributed by atoms with Crippen molar-refractivity contribution in [3.8, 4) is 17.2 Å². The monoisotopic (exact) mass is 601 g/mol. The van der Waals surface area contributed by atoms with E-state index in [1.807, 2.05) is 48.5 Å². The molecule has 0 aliphatic rings. The molecule has 0 unspecified atom stereocenters. The summed E-state index contributed by atoms with van der Waals surface area (Å²) < 4.78 is 18.1. The molecule has 0 fully saturated rings. The van der Waals surface area contributed by atoms with E-state index in [0.717, 1.165) is 14.5 Å². The number of para-hydroxylation sites is 1. The minimum atomic E-state index is -0.412. The summed E-state index contributed by atoms with van der Waals surface area (Å²) in [6.07, 6.45) is 3.15. The summed E-state index contributed by atoms with van der Waals surface area (Å²) in [5.41, 5.74) is 4.78. The third-order valence-corrected chi connectivity index (χ3v) is 5.91. The Hall–Kier alpha value is -3.37. The molecule has 4 aromatic rings. The molecule has 0 saturated heterocycles. The first-order chi connectivity index (χ1) is 17.0. The molecule has 7 nitrogen and oxygen atoms in total. The fourth-order valence-corrected chi connectivity index (χ4v) is 3.87. The summed E-state index contributed by atoms with van der Waals surface area (Å²) in [5, 5.41) is 5.29. The number of hydrogen-bond donors (Lipinski definition) is 1. The first-order valence-electron chi connectivity index (χ1n) is 10.6. The fourth-order valence-electron chi connectivity index (χ4n) is 3.24. The predicted molar refractivity (Wildman–Crippen MR) is 144 cm³/mol. The van der Waals surface area contributed by atoms with Crippen molar-refractivity contribution in [2.24, 2.45) is 5.10 Å². The van der Waals surface area contributed by atoms with Crippen LogP contribution < -0.4 is 19.6 Å². The van der Waals surface area contributed by atoms with Gasteiger partial charge in [0.15, 0.2) is 18.1 Å². The van der Waals surface area contributed by atoms with Gasteiger partial charge in [0.2, 0.25) is 0 Å². The van der Waals surface area contributed by atoms with Crippen molar-refractivity contribution in [2.45, 2.75) is 6.61 Å². The number of carbonyl (C=O) groups excluding carboxylic acids is 1. The lowest BCUT2D eigenvalue weighted by Crippen LogP contribution is -2.24. The van der Waals surface area contributed by atoms with Gasteiger partial charge in [-0.15, -0.1) is 0 Å². The van der Waals surface area contributed by atoms with Gasteiger partial charge >= 0.3 is 0 Å². The van der Waals surface area contributed by atoms with Crippen LogP contribution in [0.4, 0.5) is 0 Å². The maximum atomic E-state index is 12.2. The molecule has 178 valence electrons. The summed E-state index contributed by atoms with van der Waals surface area (Å²) in [6, 6.07) is 20.7. The topological polar surface area (TPSA) is 82.0 Å². The number of halogens is 2. The van der Waals surface area contributed by atoms with Gasteiger partial charge in [-0.05, 0) is 70.1 Å². The van der Waals surface area contributed by atoms with Gasteiger partial charge in [-0.1, -0.05) is 41.9 Å². The van der Waals surface area contributed by atoms with Crippen LogP contribution in [0.1, 0.15) is 11.1 Å². The van der Waals surface area contributed by atoms with Crippen LogP contribution in [-0.4, -0.2) is 30.8 Å². The number of ether oxygens (including phenoxy) is 3. The van der Waals surface area contributed by atoms with E-state index in [-0.39, 0.29) is 6.61 Å². The maximum Gasteiger partial charge on any atom is 0.277 e. The van der Waals surface area contributed by atoms with Gasteiger partial charge in [-0.3, -0.25) is 9.78 Å². The molecule has 1 N–H and O–H groups in total. The SMILES string of the molecule is COc1cc(/C=N/NC(=O)COc2cccc3cccnc23)cc(Cl)c1OCc1ccc(I)cc1. The second kappa shape index (κ2) is 11.9. The Morgan fingerprint density at radius 1 is 1.09 bits per heavy atom. The number of hydrazone groups is 1. The van der Waals surface area contributed by atoms with E-state index < -0.39 is 5.91 Å². The van der Waals surface area contributed by atoms with Gasteiger partial charge in [-0.2, -0.15) is 5.10 Å². The Kier molecular flexibility index (Phi) is 8.38. The van der Waals surface area contributed by atoms with Crippen molar-refractivity contribution in [1.29, 1.82) is 0 Å². The third-order valence-electron chi connectivity index (χ3n) is 4.91. The minimum absolute atomic E-state index is 0.206. The quantitative estimate of drug-likeness (QED) is 0.153. The molecule has 0 saturated carbocycles. The number of hydrogen-bond acceptors (Lipinski definition) is 6. The number of carbonyl (C=O) groups is 1. The summed E-state index contributed by atoms with van der Waals surface area (Å²) >= 11 is 8.68. The van der Waals surface area contributed by atoms with Crippen molar-refractivity contribution in [1.82, 2.24) is 10.4 Å². The highest BCUT2D eigenvalue weighted by Gasteiger charge is 2.12. The second-order valence-corrected chi connectivity index (χ2v) is 9.02. The number of fused-ring (bicyclic) bond motifs is 1. The van der Waals surface area contributed by atoms with E-state index in [1.165, 1.54) is 13.3 Å². The van der Waals surface area contributed by atoms with Crippen molar-refractivity contribution < 1.29 is 19.0 Å². The molecular formula is C26H21ClIN3O4. The summed E-state index contributed by atoms with van der Waals surface area (Å²) in [5.74, 6) is 1.01. The normalized spacial score (nSPS) is 10.9. The Balaban J connectivity index is 1.35. The number of benzene rings is 3. The molecule has 1 aromatic heterocycles. The molecule has 3 aromatic carbocycles. The van der Waals surface area contributed by atoms with Crippen LogP contribution >= 0.6 is 34.2 Å². The van der Waals surface area contributed by atoms with E-state index in [2.05, 4.69) is 38.1 Å². The number of nitrogens with zero attached hydrogens (tertiary/aromatic N) is 2. The average Bonchev–Trinajstić information content (AvgIpc) is 2.87. The lowest BCUT2D eigenvalue weighted by Gasteiger charge is -2.13. The first-order valence-corrected chi connectivity index (χ1v) is 12.0. The molecule has 0 atom stereocenters. The highest BCUT2D eigenvalue weighted by atomic mass is 127. The molecular weight excluding hydrogens is 581 g/mol. The molecule has 0 aliphatic heterocycles. The van der Waals surface area contributed by atoms with Crippen molar-refractivity contribution in [3.63, 3.8) is 0 Å². The highest BCUT2D eigenvalue weighted by molar-refractivity contribution is 14.1. The molecule has 0 spiro atoms. The van der Waals surface area contributed by atoms with Gasteiger partial charge in [0.1, 0.15) is 17.9 Å². The maximum absolute atomic E-state index is 12.2. The molecule has 4 rings (SSSR count). The molecule has 0 aliphatic carbocycles. The van der Waals surface area contributed by atoms with Crippen LogP contribution in [0.15, 0.2) is 78.0 Å². The van der Waals surface area contributed by atoms with Crippen LogP contribution in [0.2, 0.25) is 5.02 Å². The van der Waals surface area contributed by atoms with E-state index >= 15 is 0 Å². The fraction of sp³-hybridized carbons (Fsp3) is 0.115. The first kappa shape index (κ1) is 24.7. The van der Waals surface area contributed by atoms with E-state index in [4.69, 9.17) is 25.8 Å². The largest absolute Gasteiger partial charge is 0.493 e. The molecule has 9 heteroatoms. The Labute approximate surface area is 221 Å². The number of nitrogens with one attached hydrogen (secondary N) is 1. The van der Waals surface area contributed by atoms with Gasteiger partial charge in [0.05, 0.1) is 18.3 Å². The number of aromatic nitrogens is 1. The van der Waals surface area contributed by atoms with Gasteiger partial charge in [-0.25, -0.2) is 5.43 Å². The standard InChI is InChI=1S/C26H21ClIN3O4/c1-33-23-13-18(12-21(27)26(23)35-15-17-7-9-20(28)10-8-17)14-30-31-24(32)16-34-22-6-2-4-19-5-3-11-29-25(19)22/h2-14H,15-16H2,1H3,(H,31,32)/b30-14+. The van der Waals surface area contributed by atoms with Gasteiger partial charge < -0.3 is 14.2 Å². The van der Waals surface area contributed by atoms with Crippen molar-refractivity contribution in [2.75, 3.05) is 13.7 Å². The smallest absolute Gasteiger partial charge is 0.277 e. The van der Waals surface area contributed by atoms with Crippen LogP contribution in [0.3, 0.4) is 0 Å². The third kappa shape index (κ3) is 6.61. The Bertz CT molecular complexity index is 1360. The highest BCUT2D eigenvalue weighted by Crippen LogP contribution is 2.36. The van der Waals surface area contributed by atoms with E-state index in [0.29, 0.717) is 40.0 Å². The van der Waals surface area contributed by atoms with Crippen LogP contribution in [0.5, 0.6) is 17.2 Å². The molecule has 35 heavy (non-hydrogen) atoms. The zero-order chi connectivity index (χ0) is 24.6. The number of amides is 1. The van der Waals surface area contributed by atoms with Crippen LogP contribution in [0.25, 0.3) is 10.9 Å². The lowest BCUT2D eigenvalue weighted by atomic mass is 10.2. The van der Waals surface area contributed by atoms with Crippen LogP contribution in [0, 0.1) is 3.57 Å². The Morgan fingerprint density at radius 2 is 1.89 bits per heavy atom. The second-order valence-electron chi connectivity index (χ2n) is 7.36. The number of methoxy groups -OCH3 is 1. The summed E-state index contributed by atoms with van der Waals surface area (Å²) in [7, 11) is 1.53. The summed E-state index contributed by atoms with van der Waals surface area (Å²) in [6.45, 7) is 0.144. The lowest BCUT2D eigenvalue weighted by molar-refractivity contribution is -0.123. The van der Waals surface area contributed by atoms with Gasteiger partial charge in [0, 0.05) is 15.2 Å². The Morgan fingerprint density at radius 3 is 2.69 bits per heavy atom. The molecule has 0 radical (unpaired) electrons. The molecule has 1 amide bonds. The zero-order valence-corrected chi connectivity index (χ0v) is 21.6. The van der Waals surface area contributed by atoms with Gasteiger partial charge in [0.25, 0.3) is 5.91 Å².